The first kappa shape index (κ1) is 15.7. The van der Waals surface area contributed by atoms with Gasteiger partial charge in [0.1, 0.15) is 6.61 Å². The minimum absolute atomic E-state index is 0.204. The largest absolute Gasteiger partial charge is 0.479 e. The monoisotopic (exact) mass is 305 g/mol. The zero-order chi connectivity index (χ0) is 16.1. The van der Waals surface area contributed by atoms with E-state index in [9.17, 15) is 4.79 Å². The quantitative estimate of drug-likeness (QED) is 0.470. The molecule has 8 nitrogen and oxygen atoms in total. The summed E-state index contributed by atoms with van der Waals surface area (Å²) in [4.78, 5) is 17.3. The van der Waals surface area contributed by atoms with Crippen LogP contribution in [0.3, 0.4) is 0 Å². The molecule has 0 aliphatic rings. The second-order valence-electron chi connectivity index (χ2n) is 4.69. The minimum Gasteiger partial charge on any atom is -0.479 e. The van der Waals surface area contributed by atoms with E-state index in [-0.39, 0.29) is 12.3 Å². The van der Waals surface area contributed by atoms with Crippen molar-refractivity contribution in [3.05, 3.63) is 39.8 Å². The van der Waals surface area contributed by atoms with Crippen molar-refractivity contribution in [2.75, 3.05) is 6.61 Å². The molecule has 0 aliphatic heterocycles. The summed E-state index contributed by atoms with van der Waals surface area (Å²) in [5.74, 6) is 0.453. The molecule has 1 aromatic heterocycles. The molecule has 2 rings (SSSR count). The number of rotatable bonds is 5. The molecule has 0 fully saturated rings. The van der Waals surface area contributed by atoms with Gasteiger partial charge in [0.05, 0.1) is 12.3 Å². The Morgan fingerprint density at radius 1 is 1.36 bits per heavy atom. The SMILES string of the molecule is CCO/C(C)=N/OCc1c(C)cccc1-n1nnn(C)c1=O. The van der Waals surface area contributed by atoms with Crippen molar-refractivity contribution >= 4 is 5.90 Å². The molecular formula is C14H19N5O3. The molecule has 0 N–H and O–H groups in total. The lowest BCUT2D eigenvalue weighted by molar-refractivity contribution is 0.119. The van der Waals surface area contributed by atoms with Gasteiger partial charge < -0.3 is 9.57 Å². The minimum atomic E-state index is -0.319. The Bertz CT molecular complexity index is 732. The van der Waals surface area contributed by atoms with Crippen molar-refractivity contribution in [1.29, 1.82) is 0 Å². The molecule has 0 atom stereocenters. The number of ether oxygens (including phenoxy) is 1. The van der Waals surface area contributed by atoms with E-state index in [1.54, 1.807) is 20.0 Å². The second kappa shape index (κ2) is 6.88. The molecule has 0 aliphatic carbocycles. The highest BCUT2D eigenvalue weighted by Crippen LogP contribution is 2.17. The van der Waals surface area contributed by atoms with Crippen LogP contribution in [0.25, 0.3) is 5.69 Å². The number of hydrogen-bond donors (Lipinski definition) is 0. The van der Waals surface area contributed by atoms with Gasteiger partial charge in [-0.15, -0.1) is 0 Å². The van der Waals surface area contributed by atoms with Crippen LogP contribution in [-0.4, -0.2) is 32.3 Å². The average Bonchev–Trinajstić information content (AvgIpc) is 2.81. The molecule has 1 aromatic carbocycles. The van der Waals surface area contributed by atoms with Crippen LogP contribution in [0.4, 0.5) is 0 Å². The highest BCUT2D eigenvalue weighted by molar-refractivity contribution is 5.72. The van der Waals surface area contributed by atoms with Crippen LogP contribution < -0.4 is 5.69 Å². The second-order valence-corrected chi connectivity index (χ2v) is 4.69. The number of aromatic nitrogens is 4. The molecule has 2 aromatic rings. The Hall–Kier alpha value is -2.64. The first-order valence-electron chi connectivity index (χ1n) is 6.91. The number of hydrogen-bond acceptors (Lipinski definition) is 6. The number of tetrazole rings is 1. The van der Waals surface area contributed by atoms with E-state index >= 15 is 0 Å². The first-order chi connectivity index (χ1) is 10.5. The van der Waals surface area contributed by atoms with Crippen molar-refractivity contribution in [2.24, 2.45) is 12.2 Å². The fourth-order valence-electron chi connectivity index (χ4n) is 1.96. The van der Waals surface area contributed by atoms with Crippen molar-refractivity contribution in [2.45, 2.75) is 27.4 Å². The molecule has 1 heterocycles. The van der Waals surface area contributed by atoms with Crippen LogP contribution in [0.2, 0.25) is 0 Å². The lowest BCUT2D eigenvalue weighted by atomic mass is 10.1. The van der Waals surface area contributed by atoms with Crippen molar-refractivity contribution in [1.82, 2.24) is 19.8 Å². The molecule has 0 bridgehead atoms. The van der Waals surface area contributed by atoms with Crippen molar-refractivity contribution in [3.8, 4) is 5.69 Å². The average molecular weight is 305 g/mol. The van der Waals surface area contributed by atoms with Gasteiger partial charge in [-0.25, -0.2) is 4.79 Å². The lowest BCUT2D eigenvalue weighted by Crippen LogP contribution is -2.23. The van der Waals surface area contributed by atoms with Crippen LogP contribution in [0.1, 0.15) is 25.0 Å². The predicted octanol–water partition coefficient (Wildman–Crippen LogP) is 1.16. The third-order valence-corrected chi connectivity index (χ3v) is 3.09. The Balaban J connectivity index is 2.30. The van der Waals surface area contributed by atoms with E-state index in [0.717, 1.165) is 11.1 Å². The van der Waals surface area contributed by atoms with E-state index in [0.29, 0.717) is 18.2 Å². The fourth-order valence-corrected chi connectivity index (χ4v) is 1.96. The third-order valence-electron chi connectivity index (χ3n) is 3.09. The van der Waals surface area contributed by atoms with Gasteiger partial charge in [0.25, 0.3) is 0 Å². The van der Waals surface area contributed by atoms with E-state index in [4.69, 9.17) is 9.57 Å². The van der Waals surface area contributed by atoms with Gasteiger partial charge >= 0.3 is 5.69 Å². The summed E-state index contributed by atoms with van der Waals surface area (Å²) in [5.41, 5.74) is 2.10. The molecule has 8 heteroatoms. The topological polar surface area (TPSA) is 83.5 Å². The van der Waals surface area contributed by atoms with E-state index in [2.05, 4.69) is 15.6 Å². The summed E-state index contributed by atoms with van der Waals surface area (Å²) in [6, 6.07) is 5.58. The Morgan fingerprint density at radius 3 is 2.77 bits per heavy atom. The van der Waals surface area contributed by atoms with Crippen LogP contribution >= 0.6 is 0 Å². The first-order valence-corrected chi connectivity index (χ1v) is 6.91. The van der Waals surface area contributed by atoms with Crippen LogP contribution in [-0.2, 0) is 23.2 Å². The highest BCUT2D eigenvalue weighted by Gasteiger charge is 2.13. The van der Waals surface area contributed by atoms with E-state index in [1.165, 1.54) is 9.36 Å². The van der Waals surface area contributed by atoms with Crippen LogP contribution in [0.5, 0.6) is 0 Å². The summed E-state index contributed by atoms with van der Waals surface area (Å²) in [7, 11) is 1.55. The summed E-state index contributed by atoms with van der Waals surface area (Å²) in [6.45, 7) is 6.26. The third kappa shape index (κ3) is 3.33. The summed E-state index contributed by atoms with van der Waals surface area (Å²) in [6.07, 6.45) is 0. The molecule has 22 heavy (non-hydrogen) atoms. The smallest absolute Gasteiger partial charge is 0.368 e. The Morgan fingerprint density at radius 2 is 2.14 bits per heavy atom. The summed E-state index contributed by atoms with van der Waals surface area (Å²) < 4.78 is 7.60. The standard InChI is InChI=1S/C14H19N5O3/c1-5-21-11(3)15-22-9-12-10(2)7-6-8-13(12)19-14(20)18(4)16-17-19/h6-8H,5,9H2,1-4H3/b15-11+. The fraction of sp³-hybridized carbons (Fsp3) is 0.429. The molecular weight excluding hydrogens is 286 g/mol. The zero-order valence-electron chi connectivity index (χ0n) is 13.1. The van der Waals surface area contributed by atoms with Crippen LogP contribution in [0, 0.1) is 6.92 Å². The maximum absolute atomic E-state index is 12.0. The number of aryl methyl sites for hydroxylation is 2. The summed E-state index contributed by atoms with van der Waals surface area (Å²) in [5, 5.41) is 11.5. The number of benzene rings is 1. The van der Waals surface area contributed by atoms with Crippen molar-refractivity contribution < 1.29 is 9.57 Å². The lowest BCUT2D eigenvalue weighted by Gasteiger charge is -2.10. The van der Waals surface area contributed by atoms with Gasteiger partial charge in [0, 0.05) is 19.5 Å². The van der Waals surface area contributed by atoms with Gasteiger partial charge in [0.15, 0.2) is 0 Å². The maximum atomic E-state index is 12.0. The van der Waals surface area contributed by atoms with E-state index < -0.39 is 0 Å². The van der Waals surface area contributed by atoms with Crippen LogP contribution in [0.15, 0.2) is 28.1 Å². The molecule has 0 unspecified atom stereocenters. The van der Waals surface area contributed by atoms with Gasteiger partial charge in [0.2, 0.25) is 5.90 Å². The van der Waals surface area contributed by atoms with Gasteiger partial charge in [-0.05, 0) is 35.9 Å². The molecule has 0 spiro atoms. The van der Waals surface area contributed by atoms with Crippen molar-refractivity contribution in [3.63, 3.8) is 0 Å². The van der Waals surface area contributed by atoms with Gasteiger partial charge in [-0.3, -0.25) is 0 Å². The molecule has 0 saturated carbocycles. The number of nitrogens with zero attached hydrogens (tertiary/aromatic N) is 5. The van der Waals surface area contributed by atoms with E-state index in [1.807, 2.05) is 26.0 Å². The summed E-state index contributed by atoms with van der Waals surface area (Å²) >= 11 is 0. The van der Waals surface area contributed by atoms with Gasteiger partial charge in [-0.2, -0.15) is 9.36 Å². The Labute approximate surface area is 127 Å². The number of oxime groups is 1. The molecule has 0 amide bonds. The molecule has 0 radical (unpaired) electrons. The molecule has 0 saturated heterocycles. The Kier molecular flexibility index (Phi) is 4.92. The van der Waals surface area contributed by atoms with Gasteiger partial charge in [-0.1, -0.05) is 17.3 Å². The zero-order valence-corrected chi connectivity index (χ0v) is 13.1. The maximum Gasteiger partial charge on any atom is 0.368 e. The highest BCUT2D eigenvalue weighted by atomic mass is 16.6. The normalized spacial score (nSPS) is 11.5. The molecule has 118 valence electrons. The predicted molar refractivity (Wildman–Crippen MR) is 80.9 cm³/mol.